The van der Waals surface area contributed by atoms with E-state index in [2.05, 4.69) is 0 Å². The molecule has 0 spiro atoms. The molecule has 0 amide bonds. The SMILES string of the molecule is COCC(O)CN(C)S(=O)(=O)Cc1ccc(F)cc1. The highest BCUT2D eigenvalue weighted by atomic mass is 32.2. The van der Waals surface area contributed by atoms with Gasteiger partial charge in [-0.2, -0.15) is 0 Å². The molecule has 7 heteroatoms. The lowest BCUT2D eigenvalue weighted by Crippen LogP contribution is -2.36. The van der Waals surface area contributed by atoms with Crippen LogP contribution in [0.25, 0.3) is 0 Å². The minimum Gasteiger partial charge on any atom is -0.389 e. The van der Waals surface area contributed by atoms with E-state index in [1.54, 1.807) is 0 Å². The van der Waals surface area contributed by atoms with Crippen LogP contribution in [0.2, 0.25) is 0 Å². The maximum atomic E-state index is 12.7. The number of sulfonamides is 1. The summed E-state index contributed by atoms with van der Waals surface area (Å²) in [4.78, 5) is 0. The van der Waals surface area contributed by atoms with Crippen molar-refractivity contribution in [3.63, 3.8) is 0 Å². The number of aliphatic hydroxyl groups excluding tert-OH is 1. The lowest BCUT2D eigenvalue weighted by Gasteiger charge is -2.20. The van der Waals surface area contributed by atoms with Crippen molar-refractivity contribution in [2.45, 2.75) is 11.9 Å². The molecular weight excluding hydrogens is 273 g/mol. The van der Waals surface area contributed by atoms with Gasteiger partial charge in [-0.25, -0.2) is 17.1 Å². The summed E-state index contributed by atoms with van der Waals surface area (Å²) < 4.78 is 42.5. The predicted molar refractivity (Wildman–Crippen MR) is 69.5 cm³/mol. The summed E-state index contributed by atoms with van der Waals surface area (Å²) in [7, 11) is -0.731. The van der Waals surface area contributed by atoms with Crippen molar-refractivity contribution in [2.75, 3.05) is 27.3 Å². The summed E-state index contributed by atoms with van der Waals surface area (Å²) in [6.07, 6.45) is -0.877. The van der Waals surface area contributed by atoms with Crippen molar-refractivity contribution in [1.29, 1.82) is 0 Å². The van der Waals surface area contributed by atoms with Crippen molar-refractivity contribution in [2.24, 2.45) is 0 Å². The minimum absolute atomic E-state index is 0.0443. The molecule has 0 aliphatic rings. The molecular formula is C12H18FNO4S. The van der Waals surface area contributed by atoms with Crippen LogP contribution in [0.15, 0.2) is 24.3 Å². The van der Waals surface area contributed by atoms with E-state index in [1.807, 2.05) is 0 Å². The van der Waals surface area contributed by atoms with Crippen LogP contribution < -0.4 is 0 Å². The summed E-state index contributed by atoms with van der Waals surface area (Å²) >= 11 is 0. The van der Waals surface area contributed by atoms with Gasteiger partial charge in [0.05, 0.1) is 18.5 Å². The maximum absolute atomic E-state index is 12.7. The highest BCUT2D eigenvalue weighted by Gasteiger charge is 2.21. The molecule has 0 saturated carbocycles. The van der Waals surface area contributed by atoms with Crippen LogP contribution in [0.1, 0.15) is 5.56 Å². The lowest BCUT2D eigenvalue weighted by molar-refractivity contribution is 0.0554. The molecule has 5 nitrogen and oxygen atoms in total. The quantitative estimate of drug-likeness (QED) is 0.798. The second-order valence-corrected chi connectivity index (χ2v) is 6.35. The maximum Gasteiger partial charge on any atom is 0.218 e. The number of benzene rings is 1. The lowest BCUT2D eigenvalue weighted by atomic mass is 10.2. The largest absolute Gasteiger partial charge is 0.389 e. The molecule has 1 rings (SSSR count). The zero-order valence-electron chi connectivity index (χ0n) is 10.9. The molecule has 0 aliphatic carbocycles. The van der Waals surface area contributed by atoms with Crippen LogP contribution >= 0.6 is 0 Å². The van der Waals surface area contributed by atoms with E-state index in [4.69, 9.17) is 4.74 Å². The summed E-state index contributed by atoms with van der Waals surface area (Å²) in [6.45, 7) is 0.0216. The highest BCUT2D eigenvalue weighted by molar-refractivity contribution is 7.88. The molecule has 0 aliphatic heterocycles. The molecule has 1 unspecified atom stereocenters. The van der Waals surface area contributed by atoms with E-state index in [1.165, 1.54) is 38.4 Å². The number of methoxy groups -OCH3 is 1. The molecule has 0 fully saturated rings. The van der Waals surface area contributed by atoms with Crippen LogP contribution in [0, 0.1) is 5.82 Å². The first-order valence-corrected chi connectivity index (χ1v) is 7.31. The Bertz CT molecular complexity index is 489. The van der Waals surface area contributed by atoms with Gasteiger partial charge in [-0.3, -0.25) is 0 Å². The number of hydrogen-bond donors (Lipinski definition) is 1. The Kier molecular flexibility index (Phi) is 5.86. The zero-order chi connectivity index (χ0) is 14.5. The summed E-state index contributed by atoms with van der Waals surface area (Å²) in [6, 6.07) is 5.27. The first-order chi connectivity index (χ1) is 8.85. The molecule has 0 bridgehead atoms. The van der Waals surface area contributed by atoms with E-state index < -0.39 is 21.9 Å². The standard InChI is InChI=1S/C12H18FNO4S/c1-14(7-12(15)8-18-2)19(16,17)9-10-3-5-11(13)6-4-10/h3-6,12,15H,7-9H2,1-2H3. The normalized spacial score (nSPS) is 13.7. The van der Waals surface area contributed by atoms with Gasteiger partial charge < -0.3 is 9.84 Å². The van der Waals surface area contributed by atoms with Gasteiger partial charge in [0.15, 0.2) is 0 Å². The molecule has 0 radical (unpaired) electrons. The van der Waals surface area contributed by atoms with Crippen LogP contribution in [-0.2, 0) is 20.5 Å². The van der Waals surface area contributed by atoms with Gasteiger partial charge in [0.25, 0.3) is 0 Å². The fraction of sp³-hybridized carbons (Fsp3) is 0.500. The van der Waals surface area contributed by atoms with Crippen LogP contribution in [0.4, 0.5) is 4.39 Å². The van der Waals surface area contributed by atoms with E-state index >= 15 is 0 Å². The first-order valence-electron chi connectivity index (χ1n) is 5.70. The van der Waals surface area contributed by atoms with Gasteiger partial charge in [0.2, 0.25) is 10.0 Å². The van der Waals surface area contributed by atoms with Crippen LogP contribution in [-0.4, -0.2) is 51.2 Å². The third-order valence-corrected chi connectivity index (χ3v) is 4.36. The molecule has 1 aromatic rings. The van der Waals surface area contributed by atoms with Crippen molar-refractivity contribution in [3.05, 3.63) is 35.6 Å². The Morgan fingerprint density at radius 1 is 1.37 bits per heavy atom. The van der Waals surface area contributed by atoms with E-state index in [0.29, 0.717) is 5.56 Å². The fourth-order valence-corrected chi connectivity index (χ4v) is 2.79. The molecule has 1 N–H and O–H groups in total. The van der Waals surface area contributed by atoms with Gasteiger partial charge in [-0.05, 0) is 17.7 Å². The fourth-order valence-electron chi connectivity index (χ4n) is 1.56. The summed E-state index contributed by atoms with van der Waals surface area (Å²) in [5.41, 5.74) is 0.495. The van der Waals surface area contributed by atoms with Gasteiger partial charge in [-0.1, -0.05) is 12.1 Å². The predicted octanol–water partition coefficient (Wildman–Crippen LogP) is 0.595. The van der Waals surface area contributed by atoms with Crippen LogP contribution in [0.3, 0.4) is 0 Å². The topological polar surface area (TPSA) is 66.8 Å². The van der Waals surface area contributed by atoms with Crippen molar-refractivity contribution in [1.82, 2.24) is 4.31 Å². The molecule has 1 aromatic carbocycles. The van der Waals surface area contributed by atoms with Gasteiger partial charge in [0.1, 0.15) is 5.82 Å². The van der Waals surface area contributed by atoms with Crippen molar-refractivity contribution in [3.8, 4) is 0 Å². The number of ether oxygens (including phenoxy) is 1. The molecule has 0 aromatic heterocycles. The average Bonchev–Trinajstić information content (AvgIpc) is 2.32. The third-order valence-electron chi connectivity index (χ3n) is 2.56. The van der Waals surface area contributed by atoms with Crippen LogP contribution in [0.5, 0.6) is 0 Å². The van der Waals surface area contributed by atoms with E-state index in [-0.39, 0.29) is 18.9 Å². The summed E-state index contributed by atoms with van der Waals surface area (Å²) in [5.74, 6) is -0.645. The average molecular weight is 291 g/mol. The number of nitrogens with zero attached hydrogens (tertiary/aromatic N) is 1. The second-order valence-electron chi connectivity index (χ2n) is 4.27. The van der Waals surface area contributed by atoms with E-state index in [9.17, 15) is 17.9 Å². The highest BCUT2D eigenvalue weighted by Crippen LogP contribution is 2.11. The first kappa shape index (κ1) is 16.0. The molecule has 0 heterocycles. The smallest absolute Gasteiger partial charge is 0.218 e. The molecule has 1 atom stereocenters. The van der Waals surface area contributed by atoms with E-state index in [0.717, 1.165) is 4.31 Å². The number of halogens is 1. The number of hydrogen-bond acceptors (Lipinski definition) is 4. The summed E-state index contributed by atoms with van der Waals surface area (Å²) in [5, 5.41) is 9.50. The van der Waals surface area contributed by atoms with Gasteiger partial charge >= 0.3 is 0 Å². The van der Waals surface area contributed by atoms with Gasteiger partial charge in [0, 0.05) is 20.7 Å². The second kappa shape index (κ2) is 6.95. The van der Waals surface area contributed by atoms with Crippen molar-refractivity contribution >= 4 is 10.0 Å². The number of aliphatic hydroxyl groups is 1. The molecule has 108 valence electrons. The third kappa shape index (κ3) is 5.23. The monoisotopic (exact) mass is 291 g/mol. The Morgan fingerprint density at radius 2 is 1.95 bits per heavy atom. The van der Waals surface area contributed by atoms with Gasteiger partial charge in [-0.15, -0.1) is 0 Å². The zero-order valence-corrected chi connectivity index (χ0v) is 11.7. The van der Waals surface area contributed by atoms with Crippen molar-refractivity contribution < 1.29 is 22.7 Å². The Labute approximate surface area is 112 Å². The Balaban J connectivity index is 2.67. The number of likely N-dealkylation sites (N-methyl/N-ethyl adjacent to an activating group) is 1. The molecule has 0 saturated heterocycles. The molecule has 19 heavy (non-hydrogen) atoms. The number of rotatable bonds is 7. The minimum atomic E-state index is -3.54. The Morgan fingerprint density at radius 3 is 2.47 bits per heavy atom. The Hall–Kier alpha value is -1.02.